The number of fused-ring (bicyclic) bond motifs is 3. The van der Waals surface area contributed by atoms with Gasteiger partial charge in [0.15, 0.2) is 5.58 Å². The monoisotopic (exact) mass is 248 g/mol. The fourth-order valence-corrected chi connectivity index (χ4v) is 2.33. The number of aryl methyl sites for hydroxylation is 2. The summed E-state index contributed by atoms with van der Waals surface area (Å²) in [6, 6.07) is 3.22. The topological polar surface area (TPSA) is 43.4 Å². The van der Waals surface area contributed by atoms with Crippen LogP contribution in [0.3, 0.4) is 0 Å². The summed E-state index contributed by atoms with van der Waals surface area (Å²) in [7, 11) is 0. The molecule has 3 aromatic rings. The highest BCUT2D eigenvalue weighted by Gasteiger charge is 2.14. The molecule has 0 aliphatic rings. The minimum Gasteiger partial charge on any atom is -0.462 e. The Morgan fingerprint density at radius 3 is 2.65 bits per heavy atom. The summed E-state index contributed by atoms with van der Waals surface area (Å²) in [6.07, 6.45) is 1.61. The van der Waals surface area contributed by atoms with Crippen LogP contribution in [0.5, 0.6) is 0 Å². The molecule has 2 aromatic heterocycles. The lowest BCUT2D eigenvalue weighted by atomic mass is 10.1. The Labute approximate surface area is 102 Å². The van der Waals surface area contributed by atoms with Crippen LogP contribution >= 0.6 is 11.6 Å². The van der Waals surface area contributed by atoms with E-state index in [1.54, 1.807) is 12.3 Å². The molecular weight excluding hydrogens is 240 g/mol. The summed E-state index contributed by atoms with van der Waals surface area (Å²) >= 11 is 6.15. The first-order chi connectivity index (χ1) is 8.08. The molecule has 3 nitrogen and oxygen atoms in total. The Hall–Kier alpha value is -1.74. The van der Waals surface area contributed by atoms with Crippen molar-refractivity contribution in [1.82, 2.24) is 0 Å². The van der Waals surface area contributed by atoms with Crippen LogP contribution in [0.25, 0.3) is 21.9 Å². The molecule has 0 fully saturated rings. The van der Waals surface area contributed by atoms with Crippen molar-refractivity contribution < 1.29 is 8.83 Å². The van der Waals surface area contributed by atoms with Crippen LogP contribution in [-0.4, -0.2) is 0 Å². The average Bonchev–Trinajstić information content (AvgIpc) is 2.64. The van der Waals surface area contributed by atoms with Crippen LogP contribution in [0.1, 0.15) is 11.1 Å². The van der Waals surface area contributed by atoms with Crippen molar-refractivity contribution in [3.63, 3.8) is 0 Å². The second-order valence-electron chi connectivity index (χ2n) is 4.11. The molecule has 0 radical (unpaired) electrons. The highest BCUT2D eigenvalue weighted by molar-refractivity contribution is 6.36. The third-order valence-corrected chi connectivity index (χ3v) is 3.18. The second-order valence-corrected chi connectivity index (χ2v) is 4.51. The first-order valence-electron chi connectivity index (χ1n) is 5.18. The molecule has 0 aliphatic carbocycles. The van der Waals surface area contributed by atoms with Gasteiger partial charge in [-0.1, -0.05) is 11.6 Å². The van der Waals surface area contributed by atoms with Crippen LogP contribution in [-0.2, 0) is 0 Å². The summed E-state index contributed by atoms with van der Waals surface area (Å²) < 4.78 is 10.6. The summed E-state index contributed by atoms with van der Waals surface area (Å²) in [6.45, 7) is 3.75. The van der Waals surface area contributed by atoms with Gasteiger partial charge in [-0.2, -0.15) is 0 Å². The molecule has 2 heterocycles. The van der Waals surface area contributed by atoms with Crippen LogP contribution in [0.15, 0.2) is 32.0 Å². The summed E-state index contributed by atoms with van der Waals surface area (Å²) in [5.74, 6) is 0. The van der Waals surface area contributed by atoms with Crippen molar-refractivity contribution in [2.75, 3.05) is 0 Å². The molecular formula is C13H9ClO3. The molecule has 4 heteroatoms. The predicted octanol–water partition coefficient (Wildman–Crippen LogP) is 3.81. The van der Waals surface area contributed by atoms with Crippen LogP contribution in [0.4, 0.5) is 0 Å². The van der Waals surface area contributed by atoms with Crippen molar-refractivity contribution in [2.24, 2.45) is 0 Å². The maximum absolute atomic E-state index is 11.4. The van der Waals surface area contributed by atoms with Gasteiger partial charge < -0.3 is 8.83 Å². The number of benzene rings is 1. The van der Waals surface area contributed by atoms with Gasteiger partial charge in [-0.25, -0.2) is 4.79 Å². The minimum absolute atomic E-state index is 0.362. The Morgan fingerprint density at radius 1 is 1.12 bits per heavy atom. The fourth-order valence-electron chi connectivity index (χ4n) is 2.08. The van der Waals surface area contributed by atoms with E-state index in [1.807, 2.05) is 13.8 Å². The Morgan fingerprint density at radius 2 is 1.88 bits per heavy atom. The van der Waals surface area contributed by atoms with E-state index in [0.717, 1.165) is 21.9 Å². The molecule has 0 amide bonds. The molecule has 0 saturated heterocycles. The van der Waals surface area contributed by atoms with Crippen LogP contribution in [0, 0.1) is 13.8 Å². The van der Waals surface area contributed by atoms with Gasteiger partial charge in [-0.3, -0.25) is 0 Å². The van der Waals surface area contributed by atoms with E-state index in [2.05, 4.69) is 0 Å². The van der Waals surface area contributed by atoms with Gasteiger partial charge in [0.25, 0.3) is 0 Å². The number of furan rings is 1. The SMILES string of the molecule is Cc1cc(=O)oc2c1cc(Cl)c1occ(C)c12. The number of rotatable bonds is 0. The lowest BCUT2D eigenvalue weighted by molar-refractivity contribution is 0.562. The number of hydrogen-bond acceptors (Lipinski definition) is 3. The molecule has 0 saturated carbocycles. The van der Waals surface area contributed by atoms with E-state index in [9.17, 15) is 4.79 Å². The van der Waals surface area contributed by atoms with Gasteiger partial charge in [0.1, 0.15) is 5.58 Å². The third-order valence-electron chi connectivity index (χ3n) is 2.90. The van der Waals surface area contributed by atoms with E-state index in [-0.39, 0.29) is 5.63 Å². The van der Waals surface area contributed by atoms with Gasteiger partial charge in [-0.15, -0.1) is 0 Å². The zero-order valence-electron chi connectivity index (χ0n) is 9.33. The maximum atomic E-state index is 11.4. The van der Waals surface area contributed by atoms with Crippen molar-refractivity contribution >= 4 is 33.5 Å². The third kappa shape index (κ3) is 1.39. The highest BCUT2D eigenvalue weighted by atomic mass is 35.5. The molecule has 1 aromatic carbocycles. The lowest BCUT2D eigenvalue weighted by Crippen LogP contribution is -1.98. The Bertz CT molecular complexity index is 796. The van der Waals surface area contributed by atoms with Gasteiger partial charge >= 0.3 is 5.63 Å². The highest BCUT2D eigenvalue weighted by Crippen LogP contribution is 2.35. The first kappa shape index (κ1) is 10.4. The van der Waals surface area contributed by atoms with Crippen molar-refractivity contribution in [1.29, 1.82) is 0 Å². The van der Waals surface area contributed by atoms with Gasteiger partial charge in [0, 0.05) is 11.5 Å². The van der Waals surface area contributed by atoms with E-state index < -0.39 is 0 Å². The number of hydrogen-bond donors (Lipinski definition) is 0. The Kier molecular flexibility index (Phi) is 2.07. The average molecular weight is 249 g/mol. The normalized spacial score (nSPS) is 11.5. The quantitative estimate of drug-likeness (QED) is 0.568. The summed E-state index contributed by atoms with van der Waals surface area (Å²) in [5.41, 5.74) is 2.49. The van der Waals surface area contributed by atoms with Crippen molar-refractivity contribution in [2.45, 2.75) is 13.8 Å². The number of halogens is 1. The zero-order valence-corrected chi connectivity index (χ0v) is 10.1. The van der Waals surface area contributed by atoms with E-state index in [4.69, 9.17) is 20.4 Å². The van der Waals surface area contributed by atoms with Crippen LogP contribution < -0.4 is 5.63 Å². The molecule has 0 aliphatic heterocycles. The standard InChI is InChI=1S/C13H9ClO3/c1-6-3-10(15)17-12-8(6)4-9(14)13-11(12)7(2)5-16-13/h3-5H,1-2H3. The van der Waals surface area contributed by atoms with E-state index >= 15 is 0 Å². The molecule has 0 spiro atoms. The van der Waals surface area contributed by atoms with Crippen molar-refractivity contribution in [3.8, 4) is 0 Å². The molecule has 17 heavy (non-hydrogen) atoms. The fraction of sp³-hybridized carbons (Fsp3) is 0.154. The second kappa shape index (κ2) is 3.37. The van der Waals surface area contributed by atoms with E-state index in [0.29, 0.717) is 16.2 Å². The zero-order chi connectivity index (χ0) is 12.2. The van der Waals surface area contributed by atoms with Crippen LogP contribution in [0.2, 0.25) is 5.02 Å². The van der Waals surface area contributed by atoms with Crippen molar-refractivity contribution in [3.05, 3.63) is 45.0 Å². The molecule has 3 rings (SSSR count). The maximum Gasteiger partial charge on any atom is 0.336 e. The van der Waals surface area contributed by atoms with E-state index in [1.165, 1.54) is 6.07 Å². The summed E-state index contributed by atoms with van der Waals surface area (Å²) in [4.78, 5) is 11.4. The minimum atomic E-state index is -0.362. The first-order valence-corrected chi connectivity index (χ1v) is 5.56. The predicted molar refractivity (Wildman–Crippen MR) is 66.7 cm³/mol. The van der Waals surface area contributed by atoms with Gasteiger partial charge in [0.05, 0.1) is 16.7 Å². The molecule has 0 bridgehead atoms. The lowest BCUT2D eigenvalue weighted by Gasteiger charge is -2.03. The molecule has 86 valence electrons. The van der Waals surface area contributed by atoms with Gasteiger partial charge in [0.2, 0.25) is 0 Å². The Balaban J connectivity index is 2.71. The largest absolute Gasteiger partial charge is 0.462 e. The smallest absolute Gasteiger partial charge is 0.336 e. The molecule has 0 unspecified atom stereocenters. The molecule has 0 N–H and O–H groups in total. The summed E-state index contributed by atoms with van der Waals surface area (Å²) in [5, 5.41) is 2.14. The molecule has 0 atom stereocenters. The van der Waals surface area contributed by atoms with Gasteiger partial charge in [-0.05, 0) is 31.0 Å².